The lowest BCUT2D eigenvalue weighted by atomic mass is 9.99. The predicted molar refractivity (Wildman–Crippen MR) is 181 cm³/mol. The molecule has 0 aromatic heterocycles. The zero-order valence-corrected chi connectivity index (χ0v) is 29.4. The third kappa shape index (κ3) is 20.6. The van der Waals surface area contributed by atoms with Crippen molar-refractivity contribution in [1.82, 2.24) is 5.32 Å². The van der Waals surface area contributed by atoms with Crippen LogP contribution in [0.15, 0.2) is 24.3 Å². The number of unbranched alkanes of at least 4 members (excludes halogenated alkanes) is 14. The molecule has 6 N–H and O–H groups in total. The lowest BCUT2D eigenvalue weighted by Crippen LogP contribution is -2.61. The summed E-state index contributed by atoms with van der Waals surface area (Å²) < 4.78 is 47.1. The number of ether oxygens (including phenoxy) is 2. The van der Waals surface area contributed by atoms with Crippen LogP contribution in [0.25, 0.3) is 0 Å². The van der Waals surface area contributed by atoms with Gasteiger partial charge in [0.2, 0.25) is 5.91 Å². The van der Waals surface area contributed by atoms with Gasteiger partial charge in [-0.05, 0) is 38.5 Å². The van der Waals surface area contributed by atoms with Gasteiger partial charge in [0.25, 0.3) is 0 Å². The average Bonchev–Trinajstić information content (AvgIpc) is 3.03. The Morgan fingerprint density at radius 2 is 1.38 bits per heavy atom. The van der Waals surface area contributed by atoms with Crippen molar-refractivity contribution in [2.45, 2.75) is 172 Å². The number of amides is 1. The van der Waals surface area contributed by atoms with Crippen LogP contribution in [0.4, 0.5) is 0 Å². The first-order valence-electron chi connectivity index (χ1n) is 17.7. The quantitative estimate of drug-likeness (QED) is 0.0380. The zero-order chi connectivity index (χ0) is 34.9. The maximum Gasteiger partial charge on any atom is 0.397 e. The van der Waals surface area contributed by atoms with E-state index in [1.807, 2.05) is 6.08 Å². The fourth-order valence-electron chi connectivity index (χ4n) is 5.37. The number of nitrogens with one attached hydrogen (secondary N) is 1. The molecule has 0 saturated carbocycles. The molecule has 7 unspecified atom stereocenters. The summed E-state index contributed by atoms with van der Waals surface area (Å²) in [4.78, 5) is 12.8. The van der Waals surface area contributed by atoms with Crippen molar-refractivity contribution < 1.29 is 51.8 Å². The molecule has 1 rings (SSSR count). The van der Waals surface area contributed by atoms with Crippen molar-refractivity contribution in [1.29, 1.82) is 0 Å². The van der Waals surface area contributed by atoms with Crippen molar-refractivity contribution in [3.63, 3.8) is 0 Å². The van der Waals surface area contributed by atoms with Crippen LogP contribution >= 0.6 is 0 Å². The van der Waals surface area contributed by atoms with Gasteiger partial charge in [0.1, 0.15) is 24.4 Å². The second-order valence-corrected chi connectivity index (χ2v) is 13.5. The van der Waals surface area contributed by atoms with Gasteiger partial charge < -0.3 is 35.2 Å². The van der Waals surface area contributed by atoms with E-state index in [4.69, 9.17) is 14.0 Å². The van der Waals surface area contributed by atoms with Crippen molar-refractivity contribution >= 4 is 16.3 Å². The van der Waals surface area contributed by atoms with Gasteiger partial charge in [-0.15, -0.1) is 0 Å². The minimum Gasteiger partial charge on any atom is -0.394 e. The summed E-state index contributed by atoms with van der Waals surface area (Å²) in [7, 11) is -5.07. The number of hydrogen-bond acceptors (Lipinski definition) is 10. The number of hydrogen-bond donors (Lipinski definition) is 6. The smallest absolute Gasteiger partial charge is 0.394 e. The fraction of sp³-hybridized carbons (Fsp3) is 0.853. The van der Waals surface area contributed by atoms with E-state index in [0.717, 1.165) is 64.2 Å². The van der Waals surface area contributed by atoms with E-state index in [2.05, 4.69) is 35.5 Å². The molecule has 0 bridgehead atoms. The van der Waals surface area contributed by atoms with Crippen LogP contribution in [-0.2, 0) is 28.9 Å². The van der Waals surface area contributed by atoms with Crippen LogP contribution in [0.3, 0.4) is 0 Å². The van der Waals surface area contributed by atoms with Crippen LogP contribution < -0.4 is 5.32 Å². The number of rotatable bonds is 28. The predicted octanol–water partition coefficient (Wildman–Crippen LogP) is 4.65. The van der Waals surface area contributed by atoms with E-state index in [1.165, 1.54) is 38.5 Å². The normalized spacial score (nSPS) is 23.4. The molecule has 0 aromatic rings. The van der Waals surface area contributed by atoms with E-state index >= 15 is 0 Å². The van der Waals surface area contributed by atoms with Crippen molar-refractivity contribution in [2.24, 2.45) is 0 Å². The molecule has 1 aliphatic rings. The van der Waals surface area contributed by atoms with E-state index in [-0.39, 0.29) is 18.9 Å². The fourth-order valence-corrected chi connectivity index (χ4v) is 5.88. The van der Waals surface area contributed by atoms with Gasteiger partial charge in [0.05, 0.1) is 25.4 Å². The molecule has 13 heteroatoms. The zero-order valence-electron chi connectivity index (χ0n) is 28.6. The standard InChI is InChI=1S/C34H63NO11S/c1-3-5-7-9-11-13-14-16-18-20-22-24-30(38)35-27(28(37)23-21-19-17-15-12-10-8-6-4-2)26-44-34-32(40)33(46-47(41,42)43)31(39)29(25-36)45-34/h9,11,21,23,27-29,31-34,36-37,39-40H,3-8,10,12-20,22,24-26H2,1-2H3,(H,35,38)(H,41,42,43)/b11-9-,23-21+. The molecule has 276 valence electrons. The highest BCUT2D eigenvalue weighted by atomic mass is 32.3. The maximum absolute atomic E-state index is 12.8. The Morgan fingerprint density at radius 1 is 0.830 bits per heavy atom. The van der Waals surface area contributed by atoms with Crippen molar-refractivity contribution in [3.05, 3.63) is 24.3 Å². The number of allylic oxidation sites excluding steroid dienone is 3. The van der Waals surface area contributed by atoms with E-state index < -0.39 is 59.9 Å². The summed E-state index contributed by atoms with van der Waals surface area (Å²) in [5, 5.41) is 44.2. The molecular weight excluding hydrogens is 630 g/mol. The Bertz CT molecular complexity index is 962. The summed E-state index contributed by atoms with van der Waals surface area (Å²) >= 11 is 0. The Labute approximate surface area is 282 Å². The van der Waals surface area contributed by atoms with Crippen molar-refractivity contribution in [3.8, 4) is 0 Å². The summed E-state index contributed by atoms with van der Waals surface area (Å²) in [5.74, 6) is -0.279. The Morgan fingerprint density at radius 3 is 1.98 bits per heavy atom. The Hall–Kier alpha value is -1.42. The lowest BCUT2D eigenvalue weighted by molar-refractivity contribution is -0.298. The molecule has 1 aliphatic heterocycles. The highest BCUT2D eigenvalue weighted by Crippen LogP contribution is 2.26. The first-order chi connectivity index (χ1) is 22.5. The number of carbonyl (C=O) groups excluding carboxylic acids is 1. The lowest BCUT2D eigenvalue weighted by Gasteiger charge is -2.41. The van der Waals surface area contributed by atoms with Gasteiger partial charge in [0, 0.05) is 6.42 Å². The van der Waals surface area contributed by atoms with Crippen LogP contribution in [0.1, 0.15) is 129 Å². The third-order valence-corrected chi connectivity index (χ3v) is 8.69. The van der Waals surface area contributed by atoms with Gasteiger partial charge in [-0.2, -0.15) is 8.42 Å². The first kappa shape index (κ1) is 43.6. The van der Waals surface area contributed by atoms with Crippen LogP contribution in [0.5, 0.6) is 0 Å². The highest BCUT2D eigenvalue weighted by Gasteiger charge is 2.48. The summed E-state index contributed by atoms with van der Waals surface area (Å²) in [6, 6.07) is -0.941. The topological polar surface area (TPSA) is 192 Å². The van der Waals surface area contributed by atoms with Crippen molar-refractivity contribution in [2.75, 3.05) is 13.2 Å². The molecule has 1 heterocycles. The molecule has 0 spiro atoms. The minimum absolute atomic E-state index is 0.257. The van der Waals surface area contributed by atoms with Gasteiger partial charge >= 0.3 is 10.4 Å². The molecule has 1 amide bonds. The molecule has 0 aliphatic carbocycles. The van der Waals surface area contributed by atoms with Gasteiger partial charge in [-0.25, -0.2) is 4.18 Å². The maximum atomic E-state index is 12.8. The van der Waals surface area contributed by atoms with E-state index in [9.17, 15) is 33.6 Å². The largest absolute Gasteiger partial charge is 0.397 e. The average molecular weight is 694 g/mol. The number of aliphatic hydroxyl groups excluding tert-OH is 4. The van der Waals surface area contributed by atoms with Gasteiger partial charge in [-0.1, -0.05) is 109 Å². The second kappa shape index (κ2) is 26.4. The summed E-state index contributed by atoms with van der Waals surface area (Å²) in [5.41, 5.74) is 0. The molecule has 47 heavy (non-hydrogen) atoms. The Balaban J connectivity index is 2.70. The Kier molecular flexibility index (Phi) is 24.5. The molecule has 1 saturated heterocycles. The van der Waals surface area contributed by atoms with Crippen LogP contribution in [0, 0.1) is 0 Å². The van der Waals surface area contributed by atoms with Gasteiger partial charge in [-0.3, -0.25) is 9.35 Å². The molecule has 0 radical (unpaired) electrons. The molecule has 0 aromatic carbocycles. The van der Waals surface area contributed by atoms with E-state index in [1.54, 1.807) is 6.08 Å². The summed E-state index contributed by atoms with van der Waals surface area (Å²) in [6.07, 6.45) is 16.8. The van der Waals surface area contributed by atoms with E-state index in [0.29, 0.717) is 6.42 Å². The third-order valence-electron chi connectivity index (χ3n) is 8.23. The van der Waals surface area contributed by atoms with Crippen LogP contribution in [0.2, 0.25) is 0 Å². The monoisotopic (exact) mass is 693 g/mol. The van der Waals surface area contributed by atoms with Gasteiger partial charge in [0.15, 0.2) is 6.29 Å². The molecular formula is C34H63NO11S. The van der Waals surface area contributed by atoms with Crippen LogP contribution in [-0.4, -0.2) is 95.4 Å². The summed E-state index contributed by atoms with van der Waals surface area (Å²) in [6.45, 7) is 3.25. The minimum atomic E-state index is -5.07. The molecule has 12 nitrogen and oxygen atoms in total. The SMILES string of the molecule is CCCC/C=C\CCCCCCCC(=O)NC(COC1OC(CO)C(O)C(OS(=O)(=O)O)C1O)C(O)/C=C/CCCCCCCCC. The molecule has 7 atom stereocenters. The number of carbonyl (C=O) groups is 1. The second-order valence-electron chi connectivity index (χ2n) is 12.5. The molecule has 1 fully saturated rings. The first-order valence-corrected chi connectivity index (χ1v) is 19.1. The highest BCUT2D eigenvalue weighted by molar-refractivity contribution is 7.80. The number of aliphatic hydroxyl groups is 4.